The molecule has 0 heterocycles. The van der Waals surface area contributed by atoms with Gasteiger partial charge in [-0.05, 0) is 12.8 Å². The summed E-state index contributed by atoms with van der Waals surface area (Å²) >= 11 is 22.1. The summed E-state index contributed by atoms with van der Waals surface area (Å²) in [6.45, 7) is 0.496. The molecule has 4 nitrogen and oxygen atoms in total. The molecule has 18 heavy (non-hydrogen) atoms. The van der Waals surface area contributed by atoms with E-state index in [-0.39, 0.29) is 19.8 Å². The molecule has 0 aromatic carbocycles. The monoisotopic (exact) mass is 360 g/mol. The predicted octanol–water partition coefficient (Wildman–Crippen LogP) is 4.60. The lowest BCUT2D eigenvalue weighted by atomic mass is 10.5. The summed E-state index contributed by atoms with van der Waals surface area (Å²) in [4.78, 5) is -0.580. The molecule has 0 atom stereocenters. The van der Waals surface area contributed by atoms with Gasteiger partial charge in [0, 0.05) is 18.2 Å². The van der Waals surface area contributed by atoms with Crippen LogP contribution in [0, 0.1) is 0 Å². The van der Waals surface area contributed by atoms with Crippen LogP contribution in [-0.4, -0.2) is 36.4 Å². The van der Waals surface area contributed by atoms with E-state index in [1.165, 1.54) is 0 Å². The van der Waals surface area contributed by atoms with Crippen LogP contribution in [0.25, 0.3) is 0 Å². The van der Waals surface area contributed by atoms with Gasteiger partial charge in [0.15, 0.2) is 0 Å². The highest BCUT2D eigenvalue weighted by Crippen LogP contribution is 2.49. The van der Waals surface area contributed by atoms with E-state index in [1.54, 1.807) is 0 Å². The van der Waals surface area contributed by atoms with Crippen LogP contribution in [0.15, 0.2) is 0 Å². The van der Waals surface area contributed by atoms with Gasteiger partial charge >= 0.3 is 7.82 Å². The molecule has 0 spiro atoms. The predicted molar refractivity (Wildman–Crippen MR) is 76.2 cm³/mol. The normalized spacial score (nSPS) is 12.3. The van der Waals surface area contributed by atoms with Crippen molar-refractivity contribution in [2.45, 2.75) is 24.1 Å². The van der Waals surface area contributed by atoms with Gasteiger partial charge in [0.25, 0.3) is 0 Å². The van der Waals surface area contributed by atoms with Crippen molar-refractivity contribution in [3.05, 3.63) is 0 Å². The largest absolute Gasteiger partial charge is 0.474 e. The van der Waals surface area contributed by atoms with Gasteiger partial charge in [0.05, 0.1) is 19.8 Å². The Morgan fingerprint density at radius 2 is 1.33 bits per heavy atom. The molecule has 0 aromatic rings. The molecule has 110 valence electrons. The van der Waals surface area contributed by atoms with Crippen LogP contribution in [-0.2, 0) is 18.1 Å². The molecule has 0 aliphatic heterocycles. The molecule has 0 fully saturated rings. The molecule has 0 bridgehead atoms. The Hall–Kier alpha value is 1.27. The standard InChI is InChI=1S/C9H17Cl4O4P/c10-4-1-6-15-18(14,16-7-2-5-11)17-8-3-9(12)13/h9H,1-8H2. The number of phosphoric acid groups is 1. The molecule has 0 aliphatic rings. The second-order valence-corrected chi connectivity index (χ2v) is 6.91. The first-order valence-corrected chi connectivity index (χ1v) is 8.88. The van der Waals surface area contributed by atoms with Crippen molar-refractivity contribution < 1.29 is 18.1 Å². The fraction of sp³-hybridized carbons (Fsp3) is 1.00. The third-order valence-electron chi connectivity index (χ3n) is 1.64. The molecule has 0 aliphatic carbocycles. The smallest absolute Gasteiger partial charge is 0.287 e. The Labute approximate surface area is 128 Å². The maximum absolute atomic E-state index is 12.1. The van der Waals surface area contributed by atoms with Gasteiger partial charge in [-0.25, -0.2) is 4.57 Å². The Balaban J connectivity index is 4.07. The molecule has 0 unspecified atom stereocenters. The fourth-order valence-electron chi connectivity index (χ4n) is 0.827. The van der Waals surface area contributed by atoms with E-state index >= 15 is 0 Å². The molecule has 0 saturated heterocycles. The van der Waals surface area contributed by atoms with Gasteiger partial charge in [0.1, 0.15) is 4.84 Å². The third kappa shape index (κ3) is 11.1. The van der Waals surface area contributed by atoms with Gasteiger partial charge in [0.2, 0.25) is 0 Å². The first-order chi connectivity index (χ1) is 8.54. The molecule has 0 N–H and O–H groups in total. The lowest BCUT2D eigenvalue weighted by molar-refractivity contribution is 0.113. The molecule has 0 radical (unpaired) electrons. The molecule has 0 amide bonds. The first kappa shape index (κ1) is 19.3. The summed E-state index contributed by atoms with van der Waals surface area (Å²) in [5.41, 5.74) is 0. The average Bonchev–Trinajstić information content (AvgIpc) is 2.29. The van der Waals surface area contributed by atoms with Crippen LogP contribution in [0.1, 0.15) is 19.3 Å². The van der Waals surface area contributed by atoms with E-state index in [2.05, 4.69) is 0 Å². The lowest BCUT2D eigenvalue weighted by Crippen LogP contribution is -2.06. The van der Waals surface area contributed by atoms with Crippen LogP contribution < -0.4 is 0 Å². The second-order valence-electron chi connectivity index (χ2n) is 3.21. The molecular formula is C9H17Cl4O4P. The van der Waals surface area contributed by atoms with Crippen LogP contribution in [0.4, 0.5) is 0 Å². The van der Waals surface area contributed by atoms with Crippen LogP contribution in [0.2, 0.25) is 0 Å². The summed E-state index contributed by atoms with van der Waals surface area (Å²) in [5, 5.41) is 0. The van der Waals surface area contributed by atoms with E-state index in [4.69, 9.17) is 60.0 Å². The maximum atomic E-state index is 12.1. The van der Waals surface area contributed by atoms with Gasteiger partial charge in [-0.3, -0.25) is 13.6 Å². The Kier molecular flexibility index (Phi) is 12.9. The topological polar surface area (TPSA) is 44.8 Å². The highest BCUT2D eigenvalue weighted by atomic mass is 35.5. The van der Waals surface area contributed by atoms with Crippen molar-refractivity contribution in [1.29, 1.82) is 0 Å². The Morgan fingerprint density at radius 3 is 1.72 bits per heavy atom. The zero-order valence-electron chi connectivity index (χ0n) is 9.83. The molecular weight excluding hydrogens is 345 g/mol. The molecule has 0 aromatic heterocycles. The zero-order valence-corrected chi connectivity index (χ0v) is 13.7. The van der Waals surface area contributed by atoms with Crippen LogP contribution in [0.5, 0.6) is 0 Å². The number of halogens is 4. The number of rotatable bonds is 12. The van der Waals surface area contributed by atoms with Crippen LogP contribution >= 0.6 is 54.2 Å². The number of alkyl halides is 4. The minimum atomic E-state index is -3.57. The zero-order chi connectivity index (χ0) is 13.9. The maximum Gasteiger partial charge on any atom is 0.474 e. The molecule has 0 saturated carbocycles. The van der Waals surface area contributed by atoms with Gasteiger partial charge in [-0.1, -0.05) is 0 Å². The van der Waals surface area contributed by atoms with Crippen molar-refractivity contribution in [3.63, 3.8) is 0 Å². The molecule has 9 heteroatoms. The van der Waals surface area contributed by atoms with E-state index in [0.717, 1.165) is 0 Å². The van der Waals surface area contributed by atoms with Crippen molar-refractivity contribution in [1.82, 2.24) is 0 Å². The van der Waals surface area contributed by atoms with E-state index in [1.807, 2.05) is 0 Å². The first-order valence-electron chi connectivity index (χ1n) is 5.48. The lowest BCUT2D eigenvalue weighted by Gasteiger charge is -2.17. The van der Waals surface area contributed by atoms with E-state index in [0.29, 0.717) is 31.0 Å². The quantitative estimate of drug-likeness (QED) is 0.289. The SMILES string of the molecule is O=P(OCCCCl)(OCCCCl)OCCC(Cl)Cl. The fourth-order valence-corrected chi connectivity index (χ4v) is 2.48. The Bertz CT molecular complexity index is 229. The number of hydrogen-bond donors (Lipinski definition) is 0. The van der Waals surface area contributed by atoms with Crippen molar-refractivity contribution >= 4 is 54.2 Å². The van der Waals surface area contributed by atoms with Gasteiger partial charge < -0.3 is 0 Å². The summed E-state index contributed by atoms with van der Waals surface area (Å²) < 4.78 is 27.4. The molecule has 0 rings (SSSR count). The summed E-state index contributed by atoms with van der Waals surface area (Å²) in [6, 6.07) is 0. The van der Waals surface area contributed by atoms with Crippen molar-refractivity contribution in [2.75, 3.05) is 31.6 Å². The average molecular weight is 362 g/mol. The van der Waals surface area contributed by atoms with Crippen molar-refractivity contribution in [3.8, 4) is 0 Å². The summed E-state index contributed by atoms with van der Waals surface area (Å²) in [5.74, 6) is 0.820. The second kappa shape index (κ2) is 12.0. The minimum Gasteiger partial charge on any atom is -0.287 e. The minimum absolute atomic E-state index is 0.0939. The number of phosphoric ester groups is 1. The summed E-state index contributed by atoms with van der Waals surface area (Å²) in [6.07, 6.45) is 1.45. The van der Waals surface area contributed by atoms with Crippen molar-refractivity contribution in [2.24, 2.45) is 0 Å². The van der Waals surface area contributed by atoms with E-state index in [9.17, 15) is 4.57 Å². The third-order valence-corrected chi connectivity index (χ3v) is 4.11. The highest BCUT2D eigenvalue weighted by molar-refractivity contribution is 7.48. The van der Waals surface area contributed by atoms with Crippen LogP contribution in [0.3, 0.4) is 0 Å². The highest BCUT2D eigenvalue weighted by Gasteiger charge is 2.26. The van der Waals surface area contributed by atoms with Gasteiger partial charge in [-0.15, -0.1) is 46.4 Å². The summed E-state index contributed by atoms with van der Waals surface area (Å²) in [7, 11) is -3.57. The van der Waals surface area contributed by atoms with Gasteiger partial charge in [-0.2, -0.15) is 0 Å². The van der Waals surface area contributed by atoms with E-state index < -0.39 is 12.7 Å². The number of hydrogen-bond acceptors (Lipinski definition) is 4. The Morgan fingerprint density at radius 1 is 0.889 bits per heavy atom.